The Morgan fingerprint density at radius 3 is 2.46 bits per heavy atom. The van der Waals surface area contributed by atoms with E-state index in [1.165, 1.54) is 36.7 Å². The summed E-state index contributed by atoms with van der Waals surface area (Å²) in [6.45, 7) is 3.89. The van der Waals surface area contributed by atoms with Gasteiger partial charge in [-0.2, -0.15) is 0 Å². The van der Waals surface area contributed by atoms with E-state index in [1.54, 1.807) is 0 Å². The van der Waals surface area contributed by atoms with E-state index in [0.29, 0.717) is 5.69 Å². The molecule has 0 aromatic heterocycles. The SMILES string of the molecule is Cc1ccccc1SCC(=O)OCC(=O)Nc1ccc(N2CCCCC2)cc1. The molecule has 1 saturated heterocycles. The predicted octanol–water partition coefficient (Wildman–Crippen LogP) is 4.26. The van der Waals surface area contributed by atoms with Gasteiger partial charge in [0.1, 0.15) is 0 Å². The Labute approximate surface area is 170 Å². The maximum absolute atomic E-state index is 12.0. The van der Waals surface area contributed by atoms with Crippen molar-refractivity contribution in [2.45, 2.75) is 31.1 Å². The van der Waals surface area contributed by atoms with Gasteiger partial charge in [-0.1, -0.05) is 18.2 Å². The lowest BCUT2D eigenvalue weighted by molar-refractivity contribution is -0.144. The molecule has 1 aliphatic rings. The van der Waals surface area contributed by atoms with Gasteiger partial charge in [0.25, 0.3) is 5.91 Å². The second-order valence-electron chi connectivity index (χ2n) is 6.86. The van der Waals surface area contributed by atoms with Crippen LogP contribution in [0.3, 0.4) is 0 Å². The molecule has 0 saturated carbocycles. The first-order chi connectivity index (χ1) is 13.6. The van der Waals surface area contributed by atoms with E-state index < -0.39 is 5.97 Å². The summed E-state index contributed by atoms with van der Waals surface area (Å²) < 4.78 is 5.08. The van der Waals surface area contributed by atoms with Gasteiger partial charge in [-0.15, -0.1) is 11.8 Å². The molecule has 0 unspecified atom stereocenters. The highest BCUT2D eigenvalue weighted by atomic mass is 32.2. The van der Waals surface area contributed by atoms with E-state index in [9.17, 15) is 9.59 Å². The molecule has 0 aliphatic carbocycles. The van der Waals surface area contributed by atoms with Crippen LogP contribution in [0.4, 0.5) is 11.4 Å². The third-order valence-corrected chi connectivity index (χ3v) is 5.82. The topological polar surface area (TPSA) is 58.6 Å². The standard InChI is InChI=1S/C22H26N2O3S/c1-17-7-3-4-8-20(17)28-16-22(26)27-15-21(25)23-18-9-11-19(12-10-18)24-13-5-2-6-14-24/h3-4,7-12H,2,5-6,13-16H2,1H3,(H,23,25). The zero-order valence-electron chi connectivity index (χ0n) is 16.1. The molecule has 0 bridgehead atoms. The molecule has 1 fully saturated rings. The molecule has 0 spiro atoms. The van der Waals surface area contributed by atoms with E-state index >= 15 is 0 Å². The van der Waals surface area contributed by atoms with Crippen LogP contribution in [0.2, 0.25) is 0 Å². The summed E-state index contributed by atoms with van der Waals surface area (Å²) in [7, 11) is 0. The molecule has 5 nitrogen and oxygen atoms in total. The number of rotatable bonds is 7. The van der Waals surface area contributed by atoms with E-state index in [4.69, 9.17) is 4.74 Å². The number of ether oxygens (including phenoxy) is 1. The first kappa shape index (κ1) is 20.3. The molecule has 1 heterocycles. The predicted molar refractivity (Wildman–Crippen MR) is 114 cm³/mol. The van der Waals surface area contributed by atoms with Gasteiger partial charge < -0.3 is 15.0 Å². The van der Waals surface area contributed by atoms with Crippen molar-refractivity contribution in [3.05, 3.63) is 54.1 Å². The van der Waals surface area contributed by atoms with Crippen LogP contribution in [0.5, 0.6) is 0 Å². The molecule has 2 aromatic carbocycles. The molecule has 6 heteroatoms. The minimum absolute atomic E-state index is 0.183. The van der Waals surface area contributed by atoms with Gasteiger partial charge in [-0.25, -0.2) is 0 Å². The summed E-state index contributed by atoms with van der Waals surface area (Å²) in [5.41, 5.74) is 3.00. The first-order valence-electron chi connectivity index (χ1n) is 9.61. The van der Waals surface area contributed by atoms with Crippen LogP contribution in [0.25, 0.3) is 0 Å². The molecule has 0 radical (unpaired) electrons. The zero-order valence-corrected chi connectivity index (χ0v) is 17.0. The minimum atomic E-state index is -0.399. The number of carbonyl (C=O) groups is 2. The number of piperidine rings is 1. The number of hydrogen-bond donors (Lipinski definition) is 1. The zero-order chi connectivity index (χ0) is 19.8. The van der Waals surface area contributed by atoms with Gasteiger partial charge in [0, 0.05) is 29.4 Å². The van der Waals surface area contributed by atoms with Gasteiger partial charge >= 0.3 is 5.97 Å². The third-order valence-electron chi connectivity index (χ3n) is 4.68. The maximum atomic E-state index is 12.0. The summed E-state index contributed by atoms with van der Waals surface area (Å²) in [5.74, 6) is -0.549. The number of benzene rings is 2. The maximum Gasteiger partial charge on any atom is 0.316 e. The summed E-state index contributed by atoms with van der Waals surface area (Å²) in [4.78, 5) is 27.3. The Morgan fingerprint density at radius 1 is 1.04 bits per heavy atom. The van der Waals surface area contributed by atoms with E-state index in [-0.39, 0.29) is 18.3 Å². The average Bonchev–Trinajstić information content (AvgIpc) is 2.73. The van der Waals surface area contributed by atoms with Crippen LogP contribution in [-0.2, 0) is 14.3 Å². The highest BCUT2D eigenvalue weighted by molar-refractivity contribution is 8.00. The Morgan fingerprint density at radius 2 is 1.75 bits per heavy atom. The molecule has 1 aliphatic heterocycles. The fraction of sp³-hybridized carbons (Fsp3) is 0.364. The fourth-order valence-electron chi connectivity index (χ4n) is 3.15. The normalized spacial score (nSPS) is 13.8. The summed E-state index contributed by atoms with van der Waals surface area (Å²) >= 11 is 1.41. The van der Waals surface area contributed by atoms with Crippen molar-refractivity contribution in [1.82, 2.24) is 0 Å². The number of nitrogens with zero attached hydrogens (tertiary/aromatic N) is 1. The van der Waals surface area contributed by atoms with Crippen molar-refractivity contribution < 1.29 is 14.3 Å². The Balaban J connectivity index is 1.40. The van der Waals surface area contributed by atoms with Gasteiger partial charge in [0.15, 0.2) is 6.61 Å². The molecule has 148 valence electrons. The quantitative estimate of drug-likeness (QED) is 0.558. The van der Waals surface area contributed by atoms with Crippen LogP contribution in [0.1, 0.15) is 24.8 Å². The second-order valence-corrected chi connectivity index (χ2v) is 7.87. The van der Waals surface area contributed by atoms with Crippen LogP contribution in [0.15, 0.2) is 53.4 Å². The number of aryl methyl sites for hydroxylation is 1. The molecule has 1 amide bonds. The molecule has 28 heavy (non-hydrogen) atoms. The van der Waals surface area contributed by atoms with Gasteiger partial charge in [-0.3, -0.25) is 9.59 Å². The van der Waals surface area contributed by atoms with Crippen LogP contribution in [-0.4, -0.2) is 37.3 Å². The fourth-order valence-corrected chi connectivity index (χ4v) is 3.97. The van der Waals surface area contributed by atoms with E-state index in [1.807, 2.05) is 55.5 Å². The number of carbonyl (C=O) groups excluding carboxylic acids is 2. The van der Waals surface area contributed by atoms with Gasteiger partial charge in [0.05, 0.1) is 5.75 Å². The number of anilines is 2. The number of esters is 1. The number of thioether (sulfide) groups is 1. The Kier molecular flexibility index (Phi) is 7.37. The number of hydrogen-bond acceptors (Lipinski definition) is 5. The number of amides is 1. The van der Waals surface area contributed by atoms with Gasteiger partial charge in [-0.05, 0) is 62.1 Å². The lowest BCUT2D eigenvalue weighted by atomic mass is 10.1. The molecule has 0 atom stereocenters. The lowest BCUT2D eigenvalue weighted by Crippen LogP contribution is -2.29. The third kappa shape index (κ3) is 6.02. The Bertz CT molecular complexity index is 802. The van der Waals surface area contributed by atoms with E-state index in [0.717, 1.165) is 23.5 Å². The van der Waals surface area contributed by atoms with Gasteiger partial charge in [0.2, 0.25) is 0 Å². The minimum Gasteiger partial charge on any atom is -0.455 e. The first-order valence-corrected chi connectivity index (χ1v) is 10.6. The molecule has 1 N–H and O–H groups in total. The summed E-state index contributed by atoms with van der Waals surface area (Å²) in [5, 5.41) is 2.77. The summed E-state index contributed by atoms with van der Waals surface area (Å²) in [6, 6.07) is 15.7. The van der Waals surface area contributed by atoms with Crippen molar-refractivity contribution >= 4 is 35.0 Å². The van der Waals surface area contributed by atoms with Crippen LogP contribution < -0.4 is 10.2 Å². The highest BCUT2D eigenvalue weighted by Gasteiger charge is 2.12. The smallest absolute Gasteiger partial charge is 0.316 e. The molecule has 2 aromatic rings. The van der Waals surface area contributed by atoms with Crippen LogP contribution >= 0.6 is 11.8 Å². The largest absolute Gasteiger partial charge is 0.455 e. The monoisotopic (exact) mass is 398 g/mol. The molecule has 3 rings (SSSR count). The van der Waals surface area contributed by atoms with Crippen molar-refractivity contribution in [2.75, 3.05) is 35.7 Å². The number of nitrogens with one attached hydrogen (secondary N) is 1. The van der Waals surface area contributed by atoms with Crippen molar-refractivity contribution in [2.24, 2.45) is 0 Å². The highest BCUT2D eigenvalue weighted by Crippen LogP contribution is 2.22. The van der Waals surface area contributed by atoms with Crippen molar-refractivity contribution in [1.29, 1.82) is 0 Å². The average molecular weight is 399 g/mol. The van der Waals surface area contributed by atoms with Crippen molar-refractivity contribution in [3.63, 3.8) is 0 Å². The molecular weight excluding hydrogens is 372 g/mol. The lowest BCUT2D eigenvalue weighted by Gasteiger charge is -2.28. The Hall–Kier alpha value is -2.47. The van der Waals surface area contributed by atoms with Crippen LogP contribution in [0, 0.1) is 6.92 Å². The summed E-state index contributed by atoms with van der Waals surface area (Å²) in [6.07, 6.45) is 3.75. The second kappa shape index (κ2) is 10.2. The van der Waals surface area contributed by atoms with E-state index in [2.05, 4.69) is 10.2 Å². The van der Waals surface area contributed by atoms with Crippen molar-refractivity contribution in [3.8, 4) is 0 Å². The molecular formula is C22H26N2O3S.